The van der Waals surface area contributed by atoms with E-state index in [0.29, 0.717) is 35.8 Å². The molecule has 0 spiro atoms. The van der Waals surface area contributed by atoms with Crippen LogP contribution < -0.4 is 21.2 Å². The number of rotatable bonds is 7. The number of alkyl halides is 12. The van der Waals surface area contributed by atoms with Gasteiger partial charge < -0.3 is 0 Å². The summed E-state index contributed by atoms with van der Waals surface area (Å²) in [5.41, 5.74) is -6.34. The van der Waals surface area contributed by atoms with Crippen molar-refractivity contribution < 1.29 is 69.8 Å². The van der Waals surface area contributed by atoms with Crippen LogP contribution in [0.5, 0.6) is 0 Å². The fourth-order valence-electron chi connectivity index (χ4n) is 5.39. The van der Waals surface area contributed by atoms with Gasteiger partial charge in [0.25, 0.3) is 0 Å². The molecule has 2 fully saturated rings. The number of hydrogen-bond acceptors (Lipinski definition) is 0. The van der Waals surface area contributed by atoms with Gasteiger partial charge in [0.1, 0.15) is 0 Å². The molecule has 0 aromatic heterocycles. The summed E-state index contributed by atoms with van der Waals surface area (Å²) in [5, 5.41) is 0.255. The Bertz CT molecular complexity index is 1600. The van der Waals surface area contributed by atoms with E-state index in [1.165, 1.54) is 6.42 Å². The van der Waals surface area contributed by atoms with Crippen molar-refractivity contribution in [3.63, 3.8) is 0 Å². The Hall–Kier alpha value is -2.58. The van der Waals surface area contributed by atoms with Gasteiger partial charge in [-0.3, -0.25) is 0 Å². The Balaban J connectivity index is 0.000001000. The van der Waals surface area contributed by atoms with E-state index in [9.17, 15) is 52.7 Å². The first kappa shape index (κ1) is 44.1. The van der Waals surface area contributed by atoms with Crippen molar-refractivity contribution in [3.8, 4) is 0 Å². The van der Waals surface area contributed by atoms with Crippen molar-refractivity contribution in [1.82, 2.24) is 0 Å². The first-order valence-electron chi connectivity index (χ1n) is 15.5. The van der Waals surface area contributed by atoms with Gasteiger partial charge >= 0.3 is 41.8 Å². The van der Waals surface area contributed by atoms with Gasteiger partial charge in [-0.2, -0.15) is 52.7 Å². The average Bonchev–Trinajstić information content (AvgIpc) is 3.83. The number of halogens is 12. The Kier molecular flexibility index (Phi) is 14.8. The number of benzene rings is 4. The third kappa shape index (κ3) is 11.5. The summed E-state index contributed by atoms with van der Waals surface area (Å²) in [5.74, 6) is 0.358. The third-order valence-electron chi connectivity index (χ3n) is 7.80. The van der Waals surface area contributed by atoms with Crippen LogP contribution in [0.2, 0.25) is 0 Å². The predicted octanol–water partition coefficient (Wildman–Crippen LogP) is 11.1. The van der Waals surface area contributed by atoms with Crippen LogP contribution in [0.1, 0.15) is 22.3 Å². The van der Waals surface area contributed by atoms with Crippen LogP contribution in [-0.4, -0.2) is 6.16 Å². The zero-order valence-corrected chi connectivity index (χ0v) is 30.2. The zero-order chi connectivity index (χ0) is 38.6. The quantitative estimate of drug-likeness (QED) is 0.0988. The van der Waals surface area contributed by atoms with Gasteiger partial charge in [0.05, 0.1) is 22.3 Å². The normalized spacial score (nSPS) is 16.0. The molecule has 6 rings (SSSR count). The van der Waals surface area contributed by atoms with Crippen LogP contribution in [0, 0.1) is 62.9 Å². The summed E-state index contributed by atoms with van der Waals surface area (Å²) in [6.45, 7) is 0. The monoisotopic (exact) mass is 840 g/mol. The molecule has 0 N–H and O–H groups in total. The molecule has 54 heavy (non-hydrogen) atoms. The van der Waals surface area contributed by atoms with Crippen LogP contribution in [0.3, 0.4) is 0 Å². The second kappa shape index (κ2) is 18.1. The Morgan fingerprint density at radius 2 is 0.722 bits per heavy atom. The Labute approximate surface area is 319 Å². The Morgan fingerprint density at radius 1 is 0.389 bits per heavy atom. The van der Waals surface area contributed by atoms with Gasteiger partial charge in [-0.1, -0.05) is 60.7 Å². The molecule has 2 aliphatic carbocycles. The van der Waals surface area contributed by atoms with Gasteiger partial charge in [-0.05, 0) is 137 Å². The van der Waals surface area contributed by atoms with Crippen molar-refractivity contribution in [2.45, 2.75) is 24.7 Å². The second-order valence-corrected chi connectivity index (χ2v) is 15.9. The molecule has 10 radical (unpaired) electrons. The van der Waals surface area contributed by atoms with E-state index in [4.69, 9.17) is 0 Å². The minimum atomic E-state index is -5.30. The average molecular weight is 840 g/mol. The van der Waals surface area contributed by atoms with Gasteiger partial charge in [0.15, 0.2) is 0 Å². The molecule has 0 saturated heterocycles. The molecule has 0 amide bonds. The topological polar surface area (TPSA) is 0 Å². The molecule has 0 atom stereocenters. The van der Waals surface area contributed by atoms with E-state index >= 15 is 0 Å². The fourth-order valence-corrected chi connectivity index (χ4v) is 10.4. The molecule has 2 saturated carbocycles. The molecule has 0 heterocycles. The smallest absolute Gasteiger partial charge is 0.166 e. The Morgan fingerprint density at radius 3 is 1.04 bits per heavy atom. The summed E-state index contributed by atoms with van der Waals surface area (Å²) in [4.78, 5) is 0. The molecule has 0 unspecified atom stereocenters. The van der Waals surface area contributed by atoms with E-state index in [1.54, 1.807) is 49.2 Å². The first-order valence-corrected chi connectivity index (χ1v) is 18.4. The maximum atomic E-state index is 13.9. The van der Waals surface area contributed by atoms with Crippen LogP contribution in [-0.2, 0) is 41.8 Å². The maximum Gasteiger partial charge on any atom is 2.00 e. The van der Waals surface area contributed by atoms with Crippen molar-refractivity contribution in [1.29, 1.82) is 0 Å². The minimum Gasteiger partial charge on any atom is -0.166 e. The third-order valence-corrected chi connectivity index (χ3v) is 12.8. The summed E-state index contributed by atoms with van der Waals surface area (Å²) in [7, 11) is -4.13. The molecule has 2 aliphatic rings. The maximum absolute atomic E-state index is 13.9. The van der Waals surface area contributed by atoms with Crippen LogP contribution in [0.25, 0.3) is 0 Å². The zero-order valence-electron chi connectivity index (χ0n) is 27.3. The largest absolute Gasteiger partial charge is 2.00 e. The van der Waals surface area contributed by atoms with Gasteiger partial charge in [0, 0.05) is 5.66 Å². The molecule has 4 aromatic rings. The summed E-state index contributed by atoms with van der Waals surface area (Å²) >= 11 is 0. The van der Waals surface area contributed by atoms with Gasteiger partial charge in [-0.15, -0.1) is 0 Å². The summed E-state index contributed by atoms with van der Waals surface area (Å²) in [6, 6.07) is 19.1. The molecule has 4 aromatic carbocycles. The van der Waals surface area contributed by atoms with Crippen molar-refractivity contribution in [2.24, 2.45) is 0 Å². The van der Waals surface area contributed by atoms with Crippen molar-refractivity contribution in [2.75, 3.05) is 6.16 Å². The van der Waals surface area contributed by atoms with E-state index in [2.05, 4.69) is 0 Å². The predicted molar refractivity (Wildman–Crippen MR) is 184 cm³/mol. The molecule has 282 valence electrons. The van der Waals surface area contributed by atoms with Crippen LogP contribution in [0.4, 0.5) is 52.7 Å². The standard InChI is InChI=1S/C34H21F12P2.C5H5.Fe/c35-31(36,37)22-14-23(32(38,39)40)17-28(16-22)47(29-18-24(33(41,42)43)15-25(19-29)34(44,45)46)20-21-8-7-13-30(21)48(26-9-3-1-4-10-26)27-11-5-2-6-12-27;1-2-4-5-3-1;/h1-19H,20H2;1-5H;/q;;+2. The minimum absolute atomic E-state index is 0. The molecule has 0 aliphatic heterocycles. The number of hydrogen-bond donors (Lipinski definition) is 0. The second-order valence-electron chi connectivity index (χ2n) is 11.5. The van der Waals surface area contributed by atoms with E-state index < -0.39 is 79.6 Å². The molecular weight excluding hydrogens is 814 g/mol. The van der Waals surface area contributed by atoms with Crippen molar-refractivity contribution >= 4 is 37.1 Å². The van der Waals surface area contributed by atoms with Crippen molar-refractivity contribution in [3.05, 3.63) is 182 Å². The molecule has 0 nitrogen and oxygen atoms in total. The van der Waals surface area contributed by atoms with E-state index in [0.717, 1.165) is 10.6 Å². The van der Waals surface area contributed by atoms with Gasteiger partial charge in [0.2, 0.25) is 0 Å². The fraction of sp³-hybridized carbons (Fsp3) is 0.128. The molecular formula is C39H26F12FeP2+2. The van der Waals surface area contributed by atoms with Gasteiger partial charge in [-0.25, -0.2) is 0 Å². The SMILES string of the molecule is FC(F)(F)c1cc(P(C[C]2[CH][CH][CH][C]2P(c2ccccc2)c2ccccc2)c2cc(C(F)(F)F)cc(C(F)(F)F)c2)cc(C(F)(F)F)c1.[CH]1[CH][CH][CH][CH]1.[Fe+2]. The van der Waals surface area contributed by atoms with Crippen LogP contribution >= 0.6 is 15.8 Å². The van der Waals surface area contributed by atoms with E-state index in [-0.39, 0.29) is 29.2 Å². The molecule has 0 bridgehead atoms. The molecule has 15 heteroatoms. The van der Waals surface area contributed by atoms with E-state index in [1.807, 2.05) is 56.4 Å². The van der Waals surface area contributed by atoms with Crippen LogP contribution in [0.15, 0.2) is 97.1 Å². The first-order chi connectivity index (χ1) is 24.8. The summed E-state index contributed by atoms with van der Waals surface area (Å²) in [6.07, 6.45) is -6.86. The summed E-state index contributed by atoms with van der Waals surface area (Å²) < 4.78 is 167.